The van der Waals surface area contributed by atoms with Crippen molar-refractivity contribution in [1.82, 2.24) is 18.9 Å². The number of hydrogen-bond acceptors (Lipinski definition) is 5. The van der Waals surface area contributed by atoms with Crippen molar-refractivity contribution in [3.05, 3.63) is 31.3 Å². The molecular formula is C7H8N4O4S. The van der Waals surface area contributed by atoms with Crippen LogP contribution in [0.3, 0.4) is 0 Å². The van der Waals surface area contributed by atoms with Gasteiger partial charge in [-0.05, 0) is 11.9 Å². The Bertz CT molecular complexity index is 678. The highest BCUT2D eigenvalue weighted by molar-refractivity contribution is 7.97. The molecule has 2 aromatic heterocycles. The molecular weight excluding hydrogens is 236 g/mol. The average molecular weight is 244 g/mol. The molecule has 16 heavy (non-hydrogen) atoms. The van der Waals surface area contributed by atoms with Crippen molar-refractivity contribution in [1.29, 1.82) is 0 Å². The van der Waals surface area contributed by atoms with Gasteiger partial charge in [-0.25, -0.2) is 9.59 Å². The molecule has 9 heteroatoms. The number of aromatic amines is 3. The summed E-state index contributed by atoms with van der Waals surface area (Å²) in [5.41, 5.74) is -1.75. The first-order valence-corrected chi connectivity index (χ1v) is 5.29. The van der Waals surface area contributed by atoms with Crippen LogP contribution in [0.25, 0.3) is 11.2 Å². The van der Waals surface area contributed by atoms with Crippen LogP contribution >= 0.6 is 11.9 Å². The standard InChI is InChI=1S/C7H8N4O4S/c12-1-2-16-11-5(13)3-4(10-7(11)15)9-6(14)8-3/h12H,1-2H2,(H,10,15)(H2,8,9,14). The second-order valence-corrected chi connectivity index (χ2v) is 3.95. The zero-order chi connectivity index (χ0) is 11.7. The molecule has 0 radical (unpaired) electrons. The summed E-state index contributed by atoms with van der Waals surface area (Å²) in [6, 6.07) is 0. The smallest absolute Gasteiger partial charge is 0.340 e. The Kier molecular flexibility index (Phi) is 2.71. The number of imidazole rings is 1. The maximum atomic E-state index is 11.7. The molecule has 4 N–H and O–H groups in total. The molecule has 0 unspecified atom stereocenters. The summed E-state index contributed by atoms with van der Waals surface area (Å²) in [6.07, 6.45) is 0. The molecule has 0 spiro atoms. The van der Waals surface area contributed by atoms with Gasteiger partial charge in [0.25, 0.3) is 5.56 Å². The molecule has 8 nitrogen and oxygen atoms in total. The van der Waals surface area contributed by atoms with Gasteiger partial charge in [0.05, 0.1) is 6.61 Å². The fourth-order valence-electron chi connectivity index (χ4n) is 1.24. The molecule has 2 heterocycles. The van der Waals surface area contributed by atoms with E-state index in [0.717, 1.165) is 15.9 Å². The number of aliphatic hydroxyl groups is 1. The van der Waals surface area contributed by atoms with Gasteiger partial charge in [0, 0.05) is 5.75 Å². The third-order valence-electron chi connectivity index (χ3n) is 1.85. The Morgan fingerprint density at radius 1 is 1.19 bits per heavy atom. The van der Waals surface area contributed by atoms with Gasteiger partial charge in [0.15, 0.2) is 5.52 Å². The molecule has 0 fully saturated rings. The Hall–Kier alpha value is -1.74. The predicted octanol–water partition coefficient (Wildman–Crippen LogP) is -1.81. The molecule has 2 aromatic rings. The van der Waals surface area contributed by atoms with Crippen LogP contribution < -0.4 is 16.9 Å². The highest BCUT2D eigenvalue weighted by Gasteiger charge is 2.10. The van der Waals surface area contributed by atoms with E-state index >= 15 is 0 Å². The number of hydrogen-bond donors (Lipinski definition) is 4. The number of aromatic nitrogens is 4. The van der Waals surface area contributed by atoms with Crippen molar-refractivity contribution >= 4 is 23.1 Å². The quantitative estimate of drug-likeness (QED) is 0.507. The number of nitrogens with one attached hydrogen (secondary N) is 3. The Labute approximate surface area is 91.5 Å². The topological polar surface area (TPSA) is 124 Å². The predicted molar refractivity (Wildman–Crippen MR) is 58.7 cm³/mol. The van der Waals surface area contributed by atoms with E-state index in [1.807, 2.05) is 0 Å². The Morgan fingerprint density at radius 3 is 2.62 bits per heavy atom. The SMILES string of the molecule is O=c1[nH]c2[nH]c(=O)n(SCCO)c(=O)c2[nH]1. The van der Waals surface area contributed by atoms with Crippen LogP contribution in [0.5, 0.6) is 0 Å². The summed E-state index contributed by atoms with van der Waals surface area (Å²) in [4.78, 5) is 41.0. The van der Waals surface area contributed by atoms with Crippen molar-refractivity contribution < 1.29 is 5.11 Å². The van der Waals surface area contributed by atoms with Gasteiger partial charge < -0.3 is 5.11 Å². The molecule has 0 aliphatic carbocycles. The average Bonchev–Trinajstić information content (AvgIpc) is 2.59. The van der Waals surface area contributed by atoms with Gasteiger partial charge in [0.1, 0.15) is 5.65 Å². The van der Waals surface area contributed by atoms with Gasteiger partial charge in [-0.15, -0.1) is 0 Å². The summed E-state index contributed by atoms with van der Waals surface area (Å²) in [6.45, 7) is -0.155. The number of aliphatic hydroxyl groups excluding tert-OH is 1. The highest BCUT2D eigenvalue weighted by atomic mass is 32.2. The molecule has 0 aliphatic rings. The lowest BCUT2D eigenvalue weighted by Gasteiger charge is -2.00. The summed E-state index contributed by atoms with van der Waals surface area (Å²) < 4.78 is 0.850. The van der Waals surface area contributed by atoms with Gasteiger partial charge in [-0.3, -0.25) is 19.7 Å². The minimum atomic E-state index is -0.647. The molecule has 0 bridgehead atoms. The molecule has 0 aromatic carbocycles. The Morgan fingerprint density at radius 2 is 1.94 bits per heavy atom. The van der Waals surface area contributed by atoms with E-state index in [1.165, 1.54) is 0 Å². The minimum absolute atomic E-state index is 0.00930. The fraction of sp³-hybridized carbons (Fsp3) is 0.286. The molecule has 0 saturated heterocycles. The van der Waals surface area contributed by atoms with E-state index in [4.69, 9.17) is 5.11 Å². The van der Waals surface area contributed by atoms with Crippen LogP contribution in [-0.2, 0) is 0 Å². The zero-order valence-corrected chi connectivity index (χ0v) is 8.76. The van der Waals surface area contributed by atoms with Crippen molar-refractivity contribution in [2.24, 2.45) is 0 Å². The van der Waals surface area contributed by atoms with E-state index in [0.29, 0.717) is 0 Å². The van der Waals surface area contributed by atoms with Crippen molar-refractivity contribution in [2.45, 2.75) is 0 Å². The zero-order valence-electron chi connectivity index (χ0n) is 7.94. The summed E-state index contributed by atoms with van der Waals surface area (Å²) in [7, 11) is 0. The highest BCUT2D eigenvalue weighted by Crippen LogP contribution is 1.99. The third kappa shape index (κ3) is 1.70. The van der Waals surface area contributed by atoms with Gasteiger partial charge in [-0.2, -0.15) is 3.97 Å². The first-order valence-electron chi connectivity index (χ1n) is 4.35. The van der Waals surface area contributed by atoms with E-state index in [2.05, 4.69) is 15.0 Å². The van der Waals surface area contributed by atoms with Crippen molar-refractivity contribution in [2.75, 3.05) is 12.4 Å². The summed E-state index contributed by atoms with van der Waals surface area (Å²) in [5.74, 6) is 0.211. The van der Waals surface area contributed by atoms with E-state index < -0.39 is 16.9 Å². The summed E-state index contributed by atoms with van der Waals surface area (Å²) >= 11 is 0.872. The molecule has 86 valence electrons. The van der Waals surface area contributed by atoms with Gasteiger partial charge in [-0.1, -0.05) is 0 Å². The number of nitrogens with zero attached hydrogens (tertiary/aromatic N) is 1. The fourth-order valence-corrected chi connectivity index (χ4v) is 1.87. The molecule has 0 saturated carbocycles. The van der Waals surface area contributed by atoms with Crippen molar-refractivity contribution in [3.8, 4) is 0 Å². The maximum Gasteiger partial charge on any atom is 0.340 e. The second-order valence-electron chi connectivity index (χ2n) is 2.92. The van der Waals surface area contributed by atoms with Crippen molar-refractivity contribution in [3.63, 3.8) is 0 Å². The normalized spacial score (nSPS) is 11.1. The number of H-pyrrole nitrogens is 3. The lowest BCUT2D eigenvalue weighted by molar-refractivity contribution is 0.322. The van der Waals surface area contributed by atoms with Crippen LogP contribution in [0.15, 0.2) is 14.4 Å². The lowest BCUT2D eigenvalue weighted by Crippen LogP contribution is -2.31. The van der Waals surface area contributed by atoms with E-state index in [9.17, 15) is 14.4 Å². The first-order chi connectivity index (χ1) is 7.63. The largest absolute Gasteiger partial charge is 0.395 e. The minimum Gasteiger partial charge on any atom is -0.395 e. The monoisotopic (exact) mass is 244 g/mol. The summed E-state index contributed by atoms with van der Waals surface area (Å²) in [5, 5.41) is 8.61. The molecule has 0 amide bonds. The third-order valence-corrected chi connectivity index (χ3v) is 2.81. The molecule has 2 rings (SSSR count). The van der Waals surface area contributed by atoms with Crippen LogP contribution in [0, 0.1) is 0 Å². The molecule has 0 atom stereocenters. The van der Waals surface area contributed by atoms with Crippen LogP contribution in [0.1, 0.15) is 0 Å². The maximum absolute atomic E-state index is 11.7. The Balaban J connectivity index is 2.70. The number of fused-ring (bicyclic) bond motifs is 1. The number of rotatable bonds is 3. The second kappa shape index (κ2) is 4.02. The lowest BCUT2D eigenvalue weighted by atomic mass is 10.5. The van der Waals surface area contributed by atoms with Gasteiger partial charge in [0.2, 0.25) is 0 Å². The molecule has 0 aliphatic heterocycles. The van der Waals surface area contributed by atoms with Crippen LogP contribution in [-0.4, -0.2) is 36.4 Å². The van der Waals surface area contributed by atoms with Gasteiger partial charge >= 0.3 is 11.4 Å². The van der Waals surface area contributed by atoms with Crippen LogP contribution in [0.4, 0.5) is 0 Å². The van der Waals surface area contributed by atoms with E-state index in [-0.39, 0.29) is 23.5 Å². The first kappa shape index (κ1) is 10.8. The van der Waals surface area contributed by atoms with E-state index in [1.54, 1.807) is 0 Å². The van der Waals surface area contributed by atoms with Crippen LogP contribution in [0.2, 0.25) is 0 Å².